The summed E-state index contributed by atoms with van der Waals surface area (Å²) in [4.78, 5) is 8.67. The predicted octanol–water partition coefficient (Wildman–Crippen LogP) is 3.85. The molecule has 0 amide bonds. The lowest BCUT2D eigenvalue weighted by atomic mass is 9.80. The van der Waals surface area contributed by atoms with Crippen molar-refractivity contribution in [2.75, 3.05) is 12.4 Å². The van der Waals surface area contributed by atoms with Gasteiger partial charge in [0.25, 0.3) is 0 Å². The zero-order valence-corrected chi connectivity index (χ0v) is 13.3. The summed E-state index contributed by atoms with van der Waals surface area (Å²) in [5.74, 6) is 3.50. The zero-order valence-electron chi connectivity index (χ0n) is 13.3. The number of anilines is 1. The minimum Gasteiger partial charge on any atom is -0.474 e. The number of hydrogen-bond donors (Lipinski definition) is 1. The highest BCUT2D eigenvalue weighted by atomic mass is 16.5. The van der Waals surface area contributed by atoms with Crippen LogP contribution in [0, 0.1) is 11.8 Å². The quantitative estimate of drug-likeness (QED) is 0.908. The molecule has 0 spiro atoms. The van der Waals surface area contributed by atoms with Gasteiger partial charge in [0.05, 0.1) is 5.56 Å². The Morgan fingerprint density at radius 1 is 1.20 bits per heavy atom. The Morgan fingerprint density at radius 3 is 2.55 bits per heavy atom. The maximum absolute atomic E-state index is 6.22. The Kier molecular flexibility index (Phi) is 4.84. The molecule has 0 aliphatic heterocycles. The maximum atomic E-state index is 6.22. The van der Waals surface area contributed by atoms with Gasteiger partial charge in [-0.2, -0.15) is 0 Å². The topological polar surface area (TPSA) is 47.0 Å². The molecule has 1 aromatic rings. The van der Waals surface area contributed by atoms with Crippen LogP contribution in [0.1, 0.15) is 58.4 Å². The standard InChI is InChI=1S/C16H27N3O/c1-10(2)14-15(17-5)18-9-19-16(14)20-13-7-6-11(3)12(4)8-13/h9-13H,6-8H2,1-5H3,(H,17,18,19). The summed E-state index contributed by atoms with van der Waals surface area (Å²) >= 11 is 0. The second-order valence-electron chi connectivity index (χ2n) is 6.35. The molecule has 0 radical (unpaired) electrons. The molecule has 2 rings (SSSR count). The van der Waals surface area contributed by atoms with E-state index >= 15 is 0 Å². The number of hydrogen-bond acceptors (Lipinski definition) is 4. The van der Waals surface area contributed by atoms with Gasteiger partial charge in [-0.1, -0.05) is 27.7 Å². The Bertz CT molecular complexity index is 447. The van der Waals surface area contributed by atoms with E-state index < -0.39 is 0 Å². The molecule has 0 saturated heterocycles. The number of aromatic nitrogens is 2. The average Bonchev–Trinajstić information content (AvgIpc) is 2.42. The first-order valence-corrected chi connectivity index (χ1v) is 7.72. The van der Waals surface area contributed by atoms with Gasteiger partial charge in [0.15, 0.2) is 0 Å². The third-order valence-corrected chi connectivity index (χ3v) is 4.49. The van der Waals surface area contributed by atoms with Crippen molar-refractivity contribution >= 4 is 5.82 Å². The highest BCUT2D eigenvalue weighted by Crippen LogP contribution is 2.35. The first-order valence-electron chi connectivity index (χ1n) is 7.72. The molecule has 112 valence electrons. The van der Waals surface area contributed by atoms with E-state index in [0.717, 1.165) is 41.9 Å². The fraction of sp³-hybridized carbons (Fsp3) is 0.750. The molecule has 1 fully saturated rings. The van der Waals surface area contributed by atoms with Crippen LogP contribution in [0.25, 0.3) is 0 Å². The van der Waals surface area contributed by atoms with E-state index in [1.54, 1.807) is 6.33 Å². The Labute approximate surface area is 122 Å². The van der Waals surface area contributed by atoms with E-state index in [2.05, 4.69) is 43.0 Å². The van der Waals surface area contributed by atoms with Crippen LogP contribution in [0.3, 0.4) is 0 Å². The van der Waals surface area contributed by atoms with Crippen molar-refractivity contribution in [2.24, 2.45) is 11.8 Å². The number of rotatable bonds is 4. The molecular weight excluding hydrogens is 250 g/mol. The molecule has 1 saturated carbocycles. The van der Waals surface area contributed by atoms with Gasteiger partial charge in [0.2, 0.25) is 5.88 Å². The molecule has 0 bridgehead atoms. The molecule has 3 atom stereocenters. The van der Waals surface area contributed by atoms with Gasteiger partial charge in [-0.25, -0.2) is 9.97 Å². The van der Waals surface area contributed by atoms with Gasteiger partial charge in [-0.15, -0.1) is 0 Å². The Morgan fingerprint density at radius 2 is 1.95 bits per heavy atom. The summed E-state index contributed by atoms with van der Waals surface area (Å²) in [6, 6.07) is 0. The van der Waals surface area contributed by atoms with Gasteiger partial charge < -0.3 is 10.1 Å². The smallest absolute Gasteiger partial charge is 0.222 e. The summed E-state index contributed by atoms with van der Waals surface area (Å²) in [7, 11) is 1.89. The van der Waals surface area contributed by atoms with Crippen LogP contribution in [-0.4, -0.2) is 23.1 Å². The van der Waals surface area contributed by atoms with Crippen molar-refractivity contribution in [2.45, 2.75) is 59.0 Å². The van der Waals surface area contributed by atoms with E-state index in [4.69, 9.17) is 4.74 Å². The van der Waals surface area contributed by atoms with Crippen LogP contribution in [0.4, 0.5) is 5.82 Å². The molecule has 1 N–H and O–H groups in total. The van der Waals surface area contributed by atoms with Gasteiger partial charge in [0.1, 0.15) is 18.2 Å². The lowest BCUT2D eigenvalue weighted by molar-refractivity contribution is 0.0951. The molecular formula is C16H27N3O. The molecule has 0 aromatic carbocycles. The van der Waals surface area contributed by atoms with Crippen LogP contribution < -0.4 is 10.1 Å². The first-order chi connectivity index (χ1) is 9.52. The normalized spacial score (nSPS) is 26.6. The van der Waals surface area contributed by atoms with Gasteiger partial charge in [0, 0.05) is 7.05 Å². The van der Waals surface area contributed by atoms with Gasteiger partial charge in [-0.3, -0.25) is 0 Å². The average molecular weight is 277 g/mol. The number of ether oxygens (including phenoxy) is 1. The Balaban J connectivity index is 2.17. The summed E-state index contributed by atoms with van der Waals surface area (Å²) in [5.41, 5.74) is 1.08. The second kappa shape index (κ2) is 6.42. The lowest BCUT2D eigenvalue weighted by Crippen LogP contribution is -2.29. The SMILES string of the molecule is CNc1ncnc(OC2CCC(C)C(C)C2)c1C(C)C. The van der Waals surface area contributed by atoms with E-state index in [1.165, 1.54) is 6.42 Å². The van der Waals surface area contributed by atoms with Crippen molar-refractivity contribution in [3.05, 3.63) is 11.9 Å². The largest absolute Gasteiger partial charge is 0.474 e. The fourth-order valence-corrected chi connectivity index (χ4v) is 2.96. The van der Waals surface area contributed by atoms with Crippen molar-refractivity contribution in [1.82, 2.24) is 9.97 Å². The zero-order chi connectivity index (χ0) is 14.7. The minimum atomic E-state index is 0.290. The van der Waals surface area contributed by atoms with Crippen molar-refractivity contribution in [1.29, 1.82) is 0 Å². The van der Waals surface area contributed by atoms with Crippen molar-refractivity contribution < 1.29 is 4.74 Å². The van der Waals surface area contributed by atoms with Gasteiger partial charge >= 0.3 is 0 Å². The minimum absolute atomic E-state index is 0.290. The van der Waals surface area contributed by atoms with Crippen LogP contribution in [0.15, 0.2) is 6.33 Å². The van der Waals surface area contributed by atoms with Crippen LogP contribution in [0.5, 0.6) is 5.88 Å². The molecule has 1 aliphatic carbocycles. The van der Waals surface area contributed by atoms with Crippen LogP contribution >= 0.6 is 0 Å². The molecule has 1 heterocycles. The van der Waals surface area contributed by atoms with E-state index in [1.807, 2.05) is 7.05 Å². The summed E-state index contributed by atoms with van der Waals surface area (Å²) in [6.45, 7) is 8.96. The molecule has 4 heteroatoms. The molecule has 1 aromatic heterocycles. The summed E-state index contributed by atoms with van der Waals surface area (Å²) in [6.07, 6.45) is 5.37. The maximum Gasteiger partial charge on any atom is 0.222 e. The molecule has 4 nitrogen and oxygen atoms in total. The monoisotopic (exact) mass is 277 g/mol. The Hall–Kier alpha value is -1.32. The highest BCUT2D eigenvalue weighted by Gasteiger charge is 2.27. The highest BCUT2D eigenvalue weighted by molar-refractivity contribution is 5.50. The van der Waals surface area contributed by atoms with Crippen molar-refractivity contribution in [3.63, 3.8) is 0 Å². The van der Waals surface area contributed by atoms with Crippen LogP contribution in [-0.2, 0) is 0 Å². The van der Waals surface area contributed by atoms with E-state index in [-0.39, 0.29) is 0 Å². The summed E-state index contributed by atoms with van der Waals surface area (Å²) < 4.78 is 6.22. The molecule has 1 aliphatic rings. The summed E-state index contributed by atoms with van der Waals surface area (Å²) in [5, 5.41) is 3.14. The number of nitrogens with zero attached hydrogens (tertiary/aromatic N) is 2. The number of nitrogens with one attached hydrogen (secondary N) is 1. The first kappa shape index (κ1) is 15.1. The molecule has 20 heavy (non-hydrogen) atoms. The fourth-order valence-electron chi connectivity index (χ4n) is 2.96. The third-order valence-electron chi connectivity index (χ3n) is 4.49. The van der Waals surface area contributed by atoms with E-state index in [0.29, 0.717) is 12.0 Å². The predicted molar refractivity (Wildman–Crippen MR) is 82.3 cm³/mol. The lowest BCUT2D eigenvalue weighted by Gasteiger charge is -2.32. The van der Waals surface area contributed by atoms with Crippen molar-refractivity contribution in [3.8, 4) is 5.88 Å². The van der Waals surface area contributed by atoms with Crippen LogP contribution in [0.2, 0.25) is 0 Å². The molecule has 3 unspecified atom stereocenters. The third kappa shape index (κ3) is 3.22. The second-order valence-corrected chi connectivity index (χ2v) is 6.35. The van der Waals surface area contributed by atoms with Gasteiger partial charge in [-0.05, 0) is 37.0 Å². The van der Waals surface area contributed by atoms with E-state index in [9.17, 15) is 0 Å².